The van der Waals surface area contributed by atoms with Crippen LogP contribution in [0.5, 0.6) is 0 Å². The zero-order chi connectivity index (χ0) is 11.2. The summed E-state index contributed by atoms with van der Waals surface area (Å²) >= 11 is 0. The van der Waals surface area contributed by atoms with Gasteiger partial charge in [0.15, 0.2) is 0 Å². The van der Waals surface area contributed by atoms with E-state index in [1.54, 1.807) is 0 Å². The predicted molar refractivity (Wildman–Crippen MR) is 46.9 cm³/mol. The maximum Gasteiger partial charge on any atom is 0.478 e. The second-order valence-electron chi connectivity index (χ2n) is 2.21. The van der Waals surface area contributed by atoms with Crippen molar-refractivity contribution in [3.05, 3.63) is 12.3 Å². The Bertz CT molecular complexity index is 251. The minimum Gasteiger partial charge on any atom is -0.391 e. The van der Waals surface area contributed by atoms with Crippen LogP contribution in [0.2, 0.25) is 0 Å². The van der Waals surface area contributed by atoms with E-state index in [0.717, 1.165) is 6.54 Å². The Labute approximate surface area is 80.1 Å². The molecule has 0 unspecified atom stereocenters. The molecule has 1 aliphatic heterocycles. The summed E-state index contributed by atoms with van der Waals surface area (Å²) in [6.45, 7) is 1.14. The number of rotatable bonds is 2. The molecule has 0 aliphatic carbocycles. The molecule has 0 radical (unpaired) electrons. The van der Waals surface area contributed by atoms with E-state index in [1.807, 2.05) is 6.20 Å². The third-order valence-electron chi connectivity index (χ3n) is 0.904. The van der Waals surface area contributed by atoms with Crippen LogP contribution >= 0.6 is 15.6 Å². The molecule has 8 nitrogen and oxygen atoms in total. The van der Waals surface area contributed by atoms with E-state index in [1.165, 1.54) is 6.42 Å². The van der Waals surface area contributed by atoms with Gasteiger partial charge in [-0.3, -0.25) is 0 Å². The van der Waals surface area contributed by atoms with E-state index in [9.17, 15) is 9.13 Å². The van der Waals surface area contributed by atoms with Crippen LogP contribution in [0.3, 0.4) is 0 Å². The summed E-state index contributed by atoms with van der Waals surface area (Å²) in [5.74, 6) is 0. The molecule has 0 saturated carbocycles. The summed E-state index contributed by atoms with van der Waals surface area (Å²) in [5, 5.41) is 3.04. The Kier molecular flexibility index (Phi) is 5.54. The van der Waals surface area contributed by atoms with Crippen molar-refractivity contribution in [3.8, 4) is 0 Å². The summed E-state index contributed by atoms with van der Waals surface area (Å²) in [7, 11) is -10.1. The van der Waals surface area contributed by atoms with Gasteiger partial charge in [-0.05, 0) is 12.6 Å². The second kappa shape index (κ2) is 5.63. The first-order valence-corrected chi connectivity index (χ1v) is 6.47. The van der Waals surface area contributed by atoms with E-state index in [-0.39, 0.29) is 0 Å². The molecule has 1 heterocycles. The van der Waals surface area contributed by atoms with Crippen LogP contribution in [0.1, 0.15) is 6.42 Å². The fourth-order valence-corrected chi connectivity index (χ4v) is 1.66. The average molecular weight is 247 g/mol. The van der Waals surface area contributed by atoms with Crippen LogP contribution in [0.15, 0.2) is 12.3 Å². The van der Waals surface area contributed by atoms with E-state index in [4.69, 9.17) is 19.6 Å². The number of nitrogens with one attached hydrogen (secondary N) is 1. The minimum atomic E-state index is -5.05. The van der Waals surface area contributed by atoms with Crippen molar-refractivity contribution in [2.24, 2.45) is 0 Å². The van der Waals surface area contributed by atoms with Gasteiger partial charge in [0.25, 0.3) is 0 Å². The van der Waals surface area contributed by atoms with Crippen LogP contribution in [-0.2, 0) is 13.4 Å². The molecule has 84 valence electrons. The smallest absolute Gasteiger partial charge is 0.391 e. The molecule has 0 fully saturated rings. The molecule has 0 amide bonds. The fraction of sp³-hybridized carbons (Fsp3) is 0.500. The standard InChI is InChI=1S/C4H7N.H4O7P2/c1-2-4-5-3-1;1-8(2,3)7-9(4,5)6/h1,3,5H,2,4H2;(H2,1,2,3)(H2,4,5,6). The van der Waals surface area contributed by atoms with Gasteiger partial charge in [-0.2, -0.15) is 4.31 Å². The highest BCUT2D eigenvalue weighted by Gasteiger charge is 2.27. The first kappa shape index (κ1) is 13.8. The Morgan fingerprint density at radius 3 is 1.71 bits per heavy atom. The van der Waals surface area contributed by atoms with Crippen LogP contribution in [0, 0.1) is 0 Å². The molecule has 10 heteroatoms. The van der Waals surface area contributed by atoms with Gasteiger partial charge >= 0.3 is 15.6 Å². The van der Waals surface area contributed by atoms with Gasteiger partial charge < -0.3 is 24.9 Å². The van der Waals surface area contributed by atoms with Crippen LogP contribution in [0.4, 0.5) is 0 Å². The first-order valence-electron chi connectivity index (χ1n) is 3.41. The topological polar surface area (TPSA) is 136 Å². The molecule has 0 atom stereocenters. The normalized spacial score (nSPS) is 15.7. The molecule has 0 aromatic heterocycles. The number of hydrogen-bond acceptors (Lipinski definition) is 4. The largest absolute Gasteiger partial charge is 0.478 e. The monoisotopic (exact) mass is 247 g/mol. The average Bonchev–Trinajstić information content (AvgIpc) is 2.29. The van der Waals surface area contributed by atoms with Crippen molar-refractivity contribution in [2.45, 2.75) is 6.42 Å². The maximum absolute atomic E-state index is 9.63. The fourth-order valence-electron chi connectivity index (χ4n) is 0.555. The van der Waals surface area contributed by atoms with Crippen molar-refractivity contribution < 1.29 is 33.0 Å². The van der Waals surface area contributed by atoms with Crippen LogP contribution < -0.4 is 5.32 Å². The van der Waals surface area contributed by atoms with Crippen molar-refractivity contribution >= 4 is 15.6 Å². The zero-order valence-corrected chi connectivity index (χ0v) is 8.77. The van der Waals surface area contributed by atoms with E-state index in [2.05, 4.69) is 15.7 Å². The maximum atomic E-state index is 9.63. The molecule has 0 saturated heterocycles. The predicted octanol–water partition coefficient (Wildman–Crippen LogP) is -0.318. The quantitative estimate of drug-likeness (QED) is 0.419. The lowest BCUT2D eigenvalue weighted by Gasteiger charge is -2.03. The molecular weight excluding hydrogens is 236 g/mol. The SMILES string of the molecule is C1=CNCC1.O=P(O)(O)OP(=O)(O)O. The van der Waals surface area contributed by atoms with Gasteiger partial charge in [0.2, 0.25) is 0 Å². The van der Waals surface area contributed by atoms with E-state index < -0.39 is 15.6 Å². The van der Waals surface area contributed by atoms with Crippen LogP contribution in [0.25, 0.3) is 0 Å². The number of phosphoric acid groups is 2. The molecule has 14 heavy (non-hydrogen) atoms. The summed E-state index contributed by atoms with van der Waals surface area (Å²) < 4.78 is 22.2. The first-order chi connectivity index (χ1) is 6.21. The van der Waals surface area contributed by atoms with Gasteiger partial charge in [-0.1, -0.05) is 6.08 Å². The zero-order valence-electron chi connectivity index (χ0n) is 6.98. The third kappa shape index (κ3) is 11.8. The van der Waals surface area contributed by atoms with E-state index >= 15 is 0 Å². The molecule has 1 rings (SSSR count). The van der Waals surface area contributed by atoms with Crippen LogP contribution in [-0.4, -0.2) is 26.1 Å². The highest BCUT2D eigenvalue weighted by Crippen LogP contribution is 2.53. The summed E-state index contributed by atoms with van der Waals surface area (Å²) in [5.41, 5.74) is 0. The Hall–Kier alpha value is -0.200. The lowest BCUT2D eigenvalue weighted by atomic mass is 10.5. The van der Waals surface area contributed by atoms with Gasteiger partial charge in [-0.15, -0.1) is 0 Å². The highest BCUT2D eigenvalue weighted by atomic mass is 31.3. The molecular formula is C4H11NO7P2. The van der Waals surface area contributed by atoms with Gasteiger partial charge in [0, 0.05) is 6.54 Å². The van der Waals surface area contributed by atoms with Gasteiger partial charge in [0.05, 0.1) is 0 Å². The Morgan fingerprint density at radius 1 is 1.14 bits per heavy atom. The van der Waals surface area contributed by atoms with Crippen molar-refractivity contribution in [1.82, 2.24) is 5.32 Å². The molecule has 5 N–H and O–H groups in total. The van der Waals surface area contributed by atoms with Crippen molar-refractivity contribution in [3.63, 3.8) is 0 Å². The number of hydrogen-bond donors (Lipinski definition) is 5. The molecule has 0 aromatic carbocycles. The summed E-state index contributed by atoms with van der Waals surface area (Å²) in [6, 6.07) is 0. The lowest BCUT2D eigenvalue weighted by Crippen LogP contribution is -1.96. The minimum absolute atomic E-state index is 1.14. The highest BCUT2D eigenvalue weighted by molar-refractivity contribution is 7.60. The van der Waals surface area contributed by atoms with E-state index in [0.29, 0.717) is 0 Å². The lowest BCUT2D eigenvalue weighted by molar-refractivity contribution is 0.225. The Balaban J connectivity index is 0.000000280. The van der Waals surface area contributed by atoms with Crippen molar-refractivity contribution in [1.29, 1.82) is 0 Å². The summed E-state index contributed by atoms with van der Waals surface area (Å²) in [4.78, 5) is 31.0. The second-order valence-corrected chi connectivity index (χ2v) is 4.82. The van der Waals surface area contributed by atoms with Gasteiger partial charge in [0.1, 0.15) is 0 Å². The molecule has 0 spiro atoms. The molecule has 0 aromatic rings. The molecule has 1 aliphatic rings. The Morgan fingerprint density at radius 2 is 1.64 bits per heavy atom. The molecule has 0 bridgehead atoms. The van der Waals surface area contributed by atoms with Crippen molar-refractivity contribution in [2.75, 3.05) is 6.54 Å². The van der Waals surface area contributed by atoms with Gasteiger partial charge in [-0.25, -0.2) is 9.13 Å². The summed E-state index contributed by atoms with van der Waals surface area (Å²) in [6.07, 6.45) is 5.32. The third-order valence-corrected chi connectivity index (χ3v) is 2.61.